The van der Waals surface area contributed by atoms with Gasteiger partial charge in [0, 0.05) is 30.7 Å². The van der Waals surface area contributed by atoms with Gasteiger partial charge in [-0.2, -0.15) is 0 Å². The van der Waals surface area contributed by atoms with Crippen LogP contribution in [-0.4, -0.2) is 24.7 Å². The van der Waals surface area contributed by atoms with Gasteiger partial charge in [-0.3, -0.25) is 0 Å². The molecule has 1 saturated carbocycles. The van der Waals surface area contributed by atoms with Crippen molar-refractivity contribution in [3.8, 4) is 0 Å². The van der Waals surface area contributed by atoms with Gasteiger partial charge in [-0.1, -0.05) is 19.3 Å². The predicted molar refractivity (Wildman–Crippen MR) is 81.7 cm³/mol. The van der Waals surface area contributed by atoms with Gasteiger partial charge in [-0.25, -0.2) is 8.78 Å². The fraction of sp³-hybridized carbons (Fsp3) is 0.647. The van der Waals surface area contributed by atoms with Crippen molar-refractivity contribution >= 4 is 5.69 Å². The van der Waals surface area contributed by atoms with Crippen LogP contribution in [0.15, 0.2) is 12.1 Å². The van der Waals surface area contributed by atoms with E-state index >= 15 is 0 Å². The van der Waals surface area contributed by atoms with E-state index in [9.17, 15) is 8.78 Å². The van der Waals surface area contributed by atoms with E-state index in [0.717, 1.165) is 25.9 Å². The summed E-state index contributed by atoms with van der Waals surface area (Å²) >= 11 is 0. The van der Waals surface area contributed by atoms with Gasteiger partial charge in [0.25, 0.3) is 0 Å². The molecule has 1 N–H and O–H groups in total. The number of rotatable bonds is 1. The molecule has 1 spiro atoms. The van der Waals surface area contributed by atoms with Crippen LogP contribution in [0.2, 0.25) is 0 Å². The number of aryl methyl sites for hydroxylation is 1. The topological polar surface area (TPSA) is 15.3 Å². The first-order valence-electron chi connectivity index (χ1n) is 7.98. The van der Waals surface area contributed by atoms with Crippen LogP contribution in [0.25, 0.3) is 0 Å². The molecule has 1 aliphatic heterocycles. The second-order valence-corrected chi connectivity index (χ2v) is 6.75. The van der Waals surface area contributed by atoms with Gasteiger partial charge in [0.05, 0.1) is 5.69 Å². The highest BCUT2D eigenvalue weighted by Gasteiger charge is 2.39. The van der Waals surface area contributed by atoms with Crippen molar-refractivity contribution in [2.24, 2.45) is 0 Å². The average Bonchev–Trinajstić information content (AvgIpc) is 2.47. The minimum Gasteiger partial charge on any atom is -0.363 e. The molecule has 1 saturated heterocycles. The molecule has 2 aliphatic rings. The Morgan fingerprint density at radius 2 is 1.86 bits per heavy atom. The van der Waals surface area contributed by atoms with Crippen LogP contribution in [0.5, 0.6) is 0 Å². The second kappa shape index (κ2) is 5.56. The van der Waals surface area contributed by atoms with Crippen molar-refractivity contribution in [2.75, 3.05) is 18.0 Å². The van der Waals surface area contributed by atoms with Crippen molar-refractivity contribution in [3.05, 3.63) is 29.3 Å². The number of halogens is 2. The standard InChI is InChI=1S/C17H24F2N2/c1-12-8-15(19)16(9-14(12)18)21-11-17(20-10-13(21)2)6-4-3-5-7-17/h8-9,13,20H,3-7,10-11H2,1-2H3. The normalized spacial score (nSPS) is 25.3. The summed E-state index contributed by atoms with van der Waals surface area (Å²) in [5.74, 6) is -0.636. The van der Waals surface area contributed by atoms with E-state index in [4.69, 9.17) is 0 Å². The third-order valence-corrected chi connectivity index (χ3v) is 5.13. The Hall–Kier alpha value is -1.16. The van der Waals surface area contributed by atoms with Crippen molar-refractivity contribution in [1.82, 2.24) is 5.32 Å². The molecule has 1 aromatic rings. The molecule has 0 aromatic heterocycles. The zero-order valence-electron chi connectivity index (χ0n) is 12.9. The van der Waals surface area contributed by atoms with E-state index in [2.05, 4.69) is 17.1 Å². The third kappa shape index (κ3) is 2.78. The molecule has 0 radical (unpaired) electrons. The highest BCUT2D eigenvalue weighted by molar-refractivity contribution is 5.51. The molecule has 2 nitrogen and oxygen atoms in total. The zero-order valence-corrected chi connectivity index (χ0v) is 12.9. The molecular weight excluding hydrogens is 270 g/mol. The fourth-order valence-corrected chi connectivity index (χ4v) is 3.75. The molecule has 21 heavy (non-hydrogen) atoms. The van der Waals surface area contributed by atoms with Crippen LogP contribution in [-0.2, 0) is 0 Å². The number of piperazine rings is 1. The lowest BCUT2D eigenvalue weighted by Crippen LogP contribution is -2.64. The average molecular weight is 294 g/mol. The van der Waals surface area contributed by atoms with Gasteiger partial charge in [-0.15, -0.1) is 0 Å². The summed E-state index contributed by atoms with van der Waals surface area (Å²) in [4.78, 5) is 2.06. The van der Waals surface area contributed by atoms with E-state index in [1.165, 1.54) is 31.4 Å². The van der Waals surface area contributed by atoms with E-state index in [1.807, 2.05) is 0 Å². The van der Waals surface area contributed by atoms with Crippen LogP contribution in [0.3, 0.4) is 0 Å². The molecule has 3 rings (SSSR count). The fourth-order valence-electron chi connectivity index (χ4n) is 3.75. The molecule has 116 valence electrons. The summed E-state index contributed by atoms with van der Waals surface area (Å²) in [6.45, 7) is 5.27. The molecule has 4 heteroatoms. The Kier molecular flexibility index (Phi) is 3.91. The minimum atomic E-state index is -0.324. The lowest BCUT2D eigenvalue weighted by atomic mass is 9.79. The summed E-state index contributed by atoms with van der Waals surface area (Å²) in [6.07, 6.45) is 5.99. The van der Waals surface area contributed by atoms with Crippen LogP contribution < -0.4 is 10.2 Å². The summed E-state index contributed by atoms with van der Waals surface area (Å²) in [7, 11) is 0. The molecular formula is C17H24F2N2. The van der Waals surface area contributed by atoms with Gasteiger partial charge in [0.2, 0.25) is 0 Å². The molecule has 1 unspecified atom stereocenters. The second-order valence-electron chi connectivity index (χ2n) is 6.75. The van der Waals surface area contributed by atoms with Crippen molar-refractivity contribution < 1.29 is 8.78 Å². The largest absolute Gasteiger partial charge is 0.363 e. The predicted octanol–water partition coefficient (Wildman–Crippen LogP) is 3.77. The monoisotopic (exact) mass is 294 g/mol. The molecule has 0 amide bonds. The maximum absolute atomic E-state index is 14.3. The van der Waals surface area contributed by atoms with Crippen molar-refractivity contribution in [3.63, 3.8) is 0 Å². The van der Waals surface area contributed by atoms with Crippen LogP contribution in [0, 0.1) is 18.6 Å². The first-order valence-corrected chi connectivity index (χ1v) is 7.98. The van der Waals surface area contributed by atoms with E-state index in [1.54, 1.807) is 6.92 Å². The molecule has 1 aliphatic carbocycles. The van der Waals surface area contributed by atoms with Crippen LogP contribution in [0.1, 0.15) is 44.6 Å². The van der Waals surface area contributed by atoms with Gasteiger partial charge in [-0.05, 0) is 38.3 Å². The SMILES string of the molecule is Cc1cc(F)c(N2CC3(CCCCC3)NCC2C)cc1F. The van der Waals surface area contributed by atoms with Crippen molar-refractivity contribution in [2.45, 2.75) is 57.5 Å². The molecule has 1 aromatic carbocycles. The number of anilines is 1. The van der Waals surface area contributed by atoms with Gasteiger partial charge in [0.1, 0.15) is 11.6 Å². The number of nitrogens with one attached hydrogen (secondary N) is 1. The zero-order chi connectivity index (χ0) is 15.0. The smallest absolute Gasteiger partial charge is 0.146 e. The lowest BCUT2D eigenvalue weighted by molar-refractivity contribution is 0.200. The van der Waals surface area contributed by atoms with E-state index < -0.39 is 0 Å². The van der Waals surface area contributed by atoms with Crippen molar-refractivity contribution in [1.29, 1.82) is 0 Å². The van der Waals surface area contributed by atoms with E-state index in [-0.39, 0.29) is 23.2 Å². The number of hydrogen-bond acceptors (Lipinski definition) is 2. The lowest BCUT2D eigenvalue weighted by Gasteiger charge is -2.50. The third-order valence-electron chi connectivity index (χ3n) is 5.13. The summed E-state index contributed by atoms with van der Waals surface area (Å²) in [5.41, 5.74) is 0.863. The highest BCUT2D eigenvalue weighted by Crippen LogP contribution is 2.35. The maximum atomic E-state index is 14.3. The molecule has 1 atom stereocenters. The number of benzene rings is 1. The van der Waals surface area contributed by atoms with Gasteiger partial charge in [0.15, 0.2) is 0 Å². The van der Waals surface area contributed by atoms with Gasteiger partial charge < -0.3 is 10.2 Å². The number of nitrogens with zero attached hydrogens (tertiary/aromatic N) is 1. The maximum Gasteiger partial charge on any atom is 0.146 e. The van der Waals surface area contributed by atoms with Crippen LogP contribution in [0.4, 0.5) is 14.5 Å². The Morgan fingerprint density at radius 3 is 2.57 bits per heavy atom. The summed E-state index contributed by atoms with van der Waals surface area (Å²) in [6, 6.07) is 2.85. The molecule has 0 bridgehead atoms. The summed E-state index contributed by atoms with van der Waals surface area (Å²) < 4.78 is 28.2. The Bertz CT molecular complexity index is 524. The van der Waals surface area contributed by atoms with E-state index in [0.29, 0.717) is 11.3 Å². The van der Waals surface area contributed by atoms with Crippen LogP contribution >= 0.6 is 0 Å². The van der Waals surface area contributed by atoms with Gasteiger partial charge >= 0.3 is 0 Å². The Labute approximate surface area is 125 Å². The quantitative estimate of drug-likeness (QED) is 0.848. The number of hydrogen-bond donors (Lipinski definition) is 1. The highest BCUT2D eigenvalue weighted by atomic mass is 19.1. The molecule has 2 fully saturated rings. The summed E-state index contributed by atoms with van der Waals surface area (Å²) in [5, 5.41) is 3.67. The first kappa shape index (κ1) is 14.8. The Morgan fingerprint density at radius 1 is 1.14 bits per heavy atom. The Balaban J connectivity index is 1.90. The molecule has 1 heterocycles. The first-order chi connectivity index (χ1) is 10.0. The minimum absolute atomic E-state index is 0.0819.